The van der Waals surface area contributed by atoms with Crippen LogP contribution in [-0.2, 0) is 0 Å². The Morgan fingerprint density at radius 2 is 1.91 bits per heavy atom. The van der Waals surface area contributed by atoms with Gasteiger partial charge in [0.1, 0.15) is 4.88 Å². The Morgan fingerprint density at radius 1 is 1.22 bits per heavy atom. The number of thiazole rings is 1. The van der Waals surface area contributed by atoms with E-state index in [1.165, 1.54) is 0 Å². The molecule has 0 saturated carbocycles. The average molecular weight is 353 g/mol. The lowest BCUT2D eigenvalue weighted by atomic mass is 10.3. The number of nitrogens with zero attached hydrogens (tertiary/aromatic N) is 1. The Bertz CT molecular complexity index is 700. The molecule has 6 nitrogen and oxygen atoms in total. The first kappa shape index (κ1) is 17.2. The molecule has 3 N–H and O–H groups in total. The first-order valence-corrected chi connectivity index (χ1v) is 8.28. The van der Waals surface area contributed by atoms with Crippen LogP contribution in [0, 0.1) is 6.92 Å². The molecular weight excluding hydrogens is 336 g/mol. The second-order valence-electron chi connectivity index (χ2n) is 4.78. The molecule has 0 unspecified atom stereocenters. The van der Waals surface area contributed by atoms with Gasteiger partial charge in [0.25, 0.3) is 5.91 Å². The number of carbonyl (C=O) groups excluding carboxylic acids is 2. The molecule has 2 aromatic rings. The number of hydrogen-bond donors (Lipinski definition) is 3. The number of aryl methyl sites for hydroxylation is 1. The molecule has 8 heteroatoms. The summed E-state index contributed by atoms with van der Waals surface area (Å²) in [5.41, 5.74) is 1.20. The van der Waals surface area contributed by atoms with Crippen LogP contribution in [-0.4, -0.2) is 23.5 Å². The van der Waals surface area contributed by atoms with Crippen molar-refractivity contribution in [2.24, 2.45) is 0 Å². The van der Waals surface area contributed by atoms with Crippen LogP contribution in [0.3, 0.4) is 0 Å². The number of anilines is 2. The fourth-order valence-corrected chi connectivity index (χ4v) is 2.78. The predicted molar refractivity (Wildman–Crippen MR) is 93.6 cm³/mol. The molecule has 122 valence electrons. The van der Waals surface area contributed by atoms with Crippen LogP contribution < -0.4 is 16.0 Å². The van der Waals surface area contributed by atoms with Crippen LogP contribution in [0.5, 0.6) is 0 Å². The van der Waals surface area contributed by atoms with E-state index in [2.05, 4.69) is 20.9 Å². The fraction of sp³-hybridized carbons (Fsp3) is 0.267. The Morgan fingerprint density at radius 3 is 2.57 bits per heavy atom. The minimum Gasteiger partial charge on any atom is -0.351 e. The minimum atomic E-state index is -0.429. The molecule has 23 heavy (non-hydrogen) atoms. The first-order chi connectivity index (χ1) is 11.0. The second kappa shape index (κ2) is 7.94. The van der Waals surface area contributed by atoms with Crippen LogP contribution in [0.1, 0.15) is 28.7 Å². The van der Waals surface area contributed by atoms with Crippen molar-refractivity contribution in [3.63, 3.8) is 0 Å². The van der Waals surface area contributed by atoms with Crippen molar-refractivity contribution < 1.29 is 9.59 Å². The topological polar surface area (TPSA) is 83.1 Å². The van der Waals surface area contributed by atoms with Crippen molar-refractivity contribution in [3.05, 3.63) is 39.9 Å². The number of carbonyl (C=O) groups is 2. The summed E-state index contributed by atoms with van der Waals surface area (Å²) in [6.07, 6.45) is 0.859. The predicted octanol–water partition coefficient (Wildman–Crippen LogP) is 3.89. The monoisotopic (exact) mass is 352 g/mol. The highest BCUT2D eigenvalue weighted by Crippen LogP contribution is 2.23. The average Bonchev–Trinajstić information content (AvgIpc) is 2.87. The van der Waals surface area contributed by atoms with Gasteiger partial charge in [-0.2, -0.15) is 0 Å². The molecule has 0 aliphatic rings. The third-order valence-electron chi connectivity index (χ3n) is 2.86. The summed E-state index contributed by atoms with van der Waals surface area (Å²) >= 11 is 6.93. The van der Waals surface area contributed by atoms with E-state index >= 15 is 0 Å². The lowest BCUT2D eigenvalue weighted by Crippen LogP contribution is -2.23. The van der Waals surface area contributed by atoms with Crippen molar-refractivity contribution in [3.8, 4) is 0 Å². The largest absolute Gasteiger partial charge is 0.351 e. The van der Waals surface area contributed by atoms with E-state index in [0.29, 0.717) is 33.0 Å². The number of benzene rings is 1. The summed E-state index contributed by atoms with van der Waals surface area (Å²) in [6.45, 7) is 4.32. The second-order valence-corrected chi connectivity index (χ2v) is 6.21. The number of amides is 3. The van der Waals surface area contributed by atoms with E-state index < -0.39 is 6.03 Å². The maximum absolute atomic E-state index is 12.0. The molecule has 1 heterocycles. The van der Waals surface area contributed by atoms with Gasteiger partial charge in [-0.1, -0.05) is 29.9 Å². The number of nitrogens with one attached hydrogen (secondary N) is 3. The van der Waals surface area contributed by atoms with Gasteiger partial charge in [-0.3, -0.25) is 10.1 Å². The molecule has 0 fully saturated rings. The molecular formula is C15H17ClN4O2S. The number of aromatic nitrogens is 1. The molecule has 0 spiro atoms. The van der Waals surface area contributed by atoms with Crippen LogP contribution in [0.2, 0.25) is 5.02 Å². The highest BCUT2D eigenvalue weighted by molar-refractivity contribution is 7.17. The number of halogens is 1. The molecule has 0 radical (unpaired) electrons. The van der Waals surface area contributed by atoms with Gasteiger partial charge < -0.3 is 10.6 Å². The van der Waals surface area contributed by atoms with E-state index in [4.69, 9.17) is 11.6 Å². The Labute approximate surface area is 143 Å². The summed E-state index contributed by atoms with van der Waals surface area (Å²) < 4.78 is 0. The normalized spacial score (nSPS) is 10.2. The van der Waals surface area contributed by atoms with E-state index in [0.717, 1.165) is 17.8 Å². The highest BCUT2D eigenvalue weighted by atomic mass is 35.5. The van der Waals surface area contributed by atoms with Gasteiger partial charge in [0.05, 0.1) is 5.69 Å². The first-order valence-electron chi connectivity index (χ1n) is 7.08. The number of rotatable bonds is 5. The molecule has 0 atom stereocenters. The summed E-state index contributed by atoms with van der Waals surface area (Å²) in [5, 5.41) is 9.04. The van der Waals surface area contributed by atoms with Crippen LogP contribution >= 0.6 is 22.9 Å². The summed E-state index contributed by atoms with van der Waals surface area (Å²) in [4.78, 5) is 28.6. The maximum Gasteiger partial charge on any atom is 0.325 e. The third kappa shape index (κ3) is 4.94. The van der Waals surface area contributed by atoms with Crippen LogP contribution in [0.25, 0.3) is 0 Å². The minimum absolute atomic E-state index is 0.173. The molecule has 2 rings (SSSR count). The summed E-state index contributed by atoms with van der Waals surface area (Å²) in [7, 11) is 0. The van der Waals surface area contributed by atoms with Gasteiger partial charge >= 0.3 is 6.03 Å². The molecule has 0 aliphatic carbocycles. The van der Waals surface area contributed by atoms with Crippen molar-refractivity contribution >= 4 is 45.7 Å². The van der Waals surface area contributed by atoms with Crippen molar-refractivity contribution in [2.75, 3.05) is 17.2 Å². The van der Waals surface area contributed by atoms with Crippen molar-refractivity contribution in [1.29, 1.82) is 0 Å². The molecule has 0 saturated heterocycles. The van der Waals surface area contributed by atoms with Crippen molar-refractivity contribution in [2.45, 2.75) is 20.3 Å². The molecule has 0 aliphatic heterocycles. The molecule has 3 amide bonds. The van der Waals surface area contributed by atoms with Crippen LogP contribution in [0.4, 0.5) is 15.6 Å². The Balaban J connectivity index is 1.98. The zero-order valence-corrected chi connectivity index (χ0v) is 14.3. The quantitative estimate of drug-likeness (QED) is 0.763. The van der Waals surface area contributed by atoms with E-state index in [1.54, 1.807) is 31.2 Å². The molecule has 0 bridgehead atoms. The summed E-state index contributed by atoms with van der Waals surface area (Å²) in [6, 6.07) is 6.32. The number of urea groups is 1. The van der Waals surface area contributed by atoms with Gasteiger partial charge in [0, 0.05) is 17.3 Å². The molecule has 1 aromatic heterocycles. The lowest BCUT2D eigenvalue weighted by Gasteiger charge is -2.05. The lowest BCUT2D eigenvalue weighted by molar-refractivity contribution is 0.0957. The highest BCUT2D eigenvalue weighted by Gasteiger charge is 2.16. The molecule has 1 aromatic carbocycles. The van der Waals surface area contributed by atoms with E-state index in [9.17, 15) is 9.59 Å². The maximum atomic E-state index is 12.0. The van der Waals surface area contributed by atoms with Crippen molar-refractivity contribution in [1.82, 2.24) is 10.3 Å². The zero-order chi connectivity index (χ0) is 16.8. The third-order valence-corrected chi connectivity index (χ3v) is 4.18. The Hall–Kier alpha value is -2.12. The van der Waals surface area contributed by atoms with E-state index in [1.807, 2.05) is 6.92 Å². The van der Waals surface area contributed by atoms with Gasteiger partial charge in [-0.05, 0) is 37.6 Å². The van der Waals surface area contributed by atoms with Gasteiger partial charge in [-0.15, -0.1) is 0 Å². The smallest absolute Gasteiger partial charge is 0.325 e. The van der Waals surface area contributed by atoms with Crippen LogP contribution in [0.15, 0.2) is 24.3 Å². The SMILES string of the molecule is CCCNC(=O)c1sc(NC(=O)Nc2ccc(Cl)cc2)nc1C. The van der Waals surface area contributed by atoms with E-state index in [-0.39, 0.29) is 5.91 Å². The fourth-order valence-electron chi connectivity index (χ4n) is 1.77. The Kier molecular flexibility index (Phi) is 5.95. The standard InChI is InChI=1S/C15H17ClN4O2S/c1-3-8-17-13(21)12-9(2)18-15(23-12)20-14(22)19-11-6-4-10(16)5-7-11/h4-7H,3,8H2,1-2H3,(H,17,21)(H2,18,19,20,22). The van der Waals surface area contributed by atoms with Gasteiger partial charge in [-0.25, -0.2) is 9.78 Å². The van der Waals surface area contributed by atoms with Gasteiger partial charge in [0.15, 0.2) is 5.13 Å². The van der Waals surface area contributed by atoms with Gasteiger partial charge in [0.2, 0.25) is 0 Å². The zero-order valence-electron chi connectivity index (χ0n) is 12.8. The number of hydrogen-bond acceptors (Lipinski definition) is 4. The summed E-state index contributed by atoms with van der Waals surface area (Å²) in [5.74, 6) is -0.173.